The minimum absolute atomic E-state index is 0.00630. The summed E-state index contributed by atoms with van der Waals surface area (Å²) in [6, 6.07) is 0.480. The molecule has 2 rings (SSSR count). The number of carbonyl (C=O) groups is 1. The highest BCUT2D eigenvalue weighted by molar-refractivity contribution is 5.72. The van der Waals surface area contributed by atoms with Gasteiger partial charge in [0.25, 0.3) is 0 Å². The molecule has 104 valence electrons. The smallest absolute Gasteiger partial charge is 0.308 e. The molecule has 0 radical (unpaired) electrons. The van der Waals surface area contributed by atoms with Crippen LogP contribution in [0.2, 0.25) is 0 Å². The molecule has 1 N–H and O–H groups in total. The monoisotopic (exact) mass is 255 g/mol. The summed E-state index contributed by atoms with van der Waals surface area (Å²) in [5.41, 5.74) is 0. The number of hydrogen-bond donors (Lipinski definition) is 1. The van der Waals surface area contributed by atoms with Gasteiger partial charge in [-0.25, -0.2) is 0 Å². The molecular weight excluding hydrogens is 230 g/mol. The quantitative estimate of drug-likeness (QED) is 0.760. The SMILES string of the molecule is CCOC(=O)C1CCCC(NCC2CCOC2)C1. The number of carbonyl (C=O) groups excluding carboxylic acids is 1. The number of nitrogens with one attached hydrogen (secondary N) is 1. The maximum atomic E-state index is 11.7. The molecule has 0 aromatic carbocycles. The molecule has 0 aromatic heterocycles. The molecule has 1 heterocycles. The molecule has 4 nitrogen and oxygen atoms in total. The first-order chi connectivity index (χ1) is 8.79. The Labute approximate surface area is 109 Å². The fourth-order valence-corrected chi connectivity index (χ4v) is 2.93. The molecule has 1 saturated heterocycles. The lowest BCUT2D eigenvalue weighted by atomic mass is 9.85. The van der Waals surface area contributed by atoms with E-state index in [1.807, 2.05) is 6.92 Å². The van der Waals surface area contributed by atoms with Crippen LogP contribution in [0.4, 0.5) is 0 Å². The van der Waals surface area contributed by atoms with Gasteiger partial charge in [0.05, 0.1) is 19.1 Å². The molecule has 1 aliphatic heterocycles. The largest absolute Gasteiger partial charge is 0.466 e. The molecule has 2 aliphatic rings. The van der Waals surface area contributed by atoms with Crippen molar-refractivity contribution < 1.29 is 14.3 Å². The Morgan fingerprint density at radius 1 is 1.39 bits per heavy atom. The highest BCUT2D eigenvalue weighted by Crippen LogP contribution is 2.25. The number of rotatable bonds is 5. The summed E-state index contributed by atoms with van der Waals surface area (Å²) >= 11 is 0. The predicted molar refractivity (Wildman–Crippen MR) is 69.3 cm³/mol. The van der Waals surface area contributed by atoms with Crippen molar-refractivity contribution in [3.63, 3.8) is 0 Å². The zero-order valence-electron chi connectivity index (χ0n) is 11.3. The fraction of sp³-hybridized carbons (Fsp3) is 0.929. The van der Waals surface area contributed by atoms with Gasteiger partial charge >= 0.3 is 5.97 Å². The minimum atomic E-state index is -0.00630. The highest BCUT2D eigenvalue weighted by Gasteiger charge is 2.28. The Morgan fingerprint density at radius 3 is 3.00 bits per heavy atom. The number of esters is 1. The fourth-order valence-electron chi connectivity index (χ4n) is 2.93. The van der Waals surface area contributed by atoms with Gasteiger partial charge in [0.15, 0.2) is 0 Å². The molecule has 3 unspecified atom stereocenters. The summed E-state index contributed by atoms with van der Waals surface area (Å²) < 4.78 is 10.5. The van der Waals surface area contributed by atoms with Crippen LogP contribution in [0.1, 0.15) is 39.0 Å². The van der Waals surface area contributed by atoms with Crippen molar-refractivity contribution in [3.05, 3.63) is 0 Å². The second-order valence-corrected chi connectivity index (χ2v) is 5.45. The molecule has 1 aliphatic carbocycles. The normalized spacial score (nSPS) is 32.4. The second-order valence-electron chi connectivity index (χ2n) is 5.45. The highest BCUT2D eigenvalue weighted by atomic mass is 16.5. The van der Waals surface area contributed by atoms with Crippen LogP contribution in [0, 0.1) is 11.8 Å². The van der Waals surface area contributed by atoms with E-state index in [0.717, 1.165) is 39.0 Å². The van der Waals surface area contributed by atoms with Gasteiger partial charge in [-0.1, -0.05) is 6.42 Å². The van der Waals surface area contributed by atoms with Crippen LogP contribution in [0.15, 0.2) is 0 Å². The topological polar surface area (TPSA) is 47.6 Å². The molecule has 0 amide bonds. The van der Waals surface area contributed by atoms with Crippen molar-refractivity contribution in [1.82, 2.24) is 5.32 Å². The molecule has 0 aromatic rings. The minimum Gasteiger partial charge on any atom is -0.466 e. The van der Waals surface area contributed by atoms with E-state index in [1.54, 1.807) is 0 Å². The van der Waals surface area contributed by atoms with E-state index in [-0.39, 0.29) is 11.9 Å². The average molecular weight is 255 g/mol. The molecule has 18 heavy (non-hydrogen) atoms. The van der Waals surface area contributed by atoms with Gasteiger partial charge < -0.3 is 14.8 Å². The van der Waals surface area contributed by atoms with Crippen molar-refractivity contribution in [1.29, 1.82) is 0 Å². The molecule has 1 saturated carbocycles. The molecule has 3 atom stereocenters. The first-order valence-corrected chi connectivity index (χ1v) is 7.27. The van der Waals surface area contributed by atoms with E-state index in [4.69, 9.17) is 9.47 Å². The number of hydrogen-bond acceptors (Lipinski definition) is 4. The van der Waals surface area contributed by atoms with E-state index < -0.39 is 0 Å². The molecular formula is C14H25NO3. The van der Waals surface area contributed by atoms with E-state index in [1.165, 1.54) is 12.8 Å². The van der Waals surface area contributed by atoms with Gasteiger partial charge in [0.1, 0.15) is 0 Å². The summed E-state index contributed by atoms with van der Waals surface area (Å²) in [4.78, 5) is 11.7. The summed E-state index contributed by atoms with van der Waals surface area (Å²) in [5, 5.41) is 3.60. The number of ether oxygens (including phenoxy) is 2. The van der Waals surface area contributed by atoms with Gasteiger partial charge in [-0.2, -0.15) is 0 Å². The van der Waals surface area contributed by atoms with E-state index >= 15 is 0 Å². The second kappa shape index (κ2) is 7.10. The van der Waals surface area contributed by atoms with Gasteiger partial charge in [0, 0.05) is 19.2 Å². The van der Waals surface area contributed by atoms with Crippen molar-refractivity contribution in [2.45, 2.75) is 45.1 Å². The lowest BCUT2D eigenvalue weighted by Crippen LogP contribution is -2.39. The van der Waals surface area contributed by atoms with E-state index in [9.17, 15) is 4.79 Å². The van der Waals surface area contributed by atoms with Gasteiger partial charge in [-0.15, -0.1) is 0 Å². The summed E-state index contributed by atoms with van der Waals surface area (Å²) in [6.07, 6.45) is 5.41. The van der Waals surface area contributed by atoms with Crippen LogP contribution < -0.4 is 5.32 Å². The van der Waals surface area contributed by atoms with Crippen LogP contribution in [-0.4, -0.2) is 38.4 Å². The third kappa shape index (κ3) is 3.95. The van der Waals surface area contributed by atoms with Gasteiger partial charge in [0.2, 0.25) is 0 Å². The van der Waals surface area contributed by atoms with Crippen molar-refractivity contribution in [2.75, 3.05) is 26.4 Å². The van der Waals surface area contributed by atoms with E-state index in [0.29, 0.717) is 18.6 Å². The predicted octanol–water partition coefficient (Wildman–Crippen LogP) is 1.73. The summed E-state index contributed by atoms with van der Waals surface area (Å²) in [5.74, 6) is 0.761. The Bertz CT molecular complexity index is 264. The molecule has 2 fully saturated rings. The standard InChI is InChI=1S/C14H25NO3/c1-2-18-14(16)12-4-3-5-13(8-12)15-9-11-6-7-17-10-11/h11-13,15H,2-10H2,1H3. The van der Waals surface area contributed by atoms with Crippen LogP contribution >= 0.6 is 0 Å². The third-order valence-corrected chi connectivity index (χ3v) is 4.01. The zero-order valence-corrected chi connectivity index (χ0v) is 11.3. The third-order valence-electron chi connectivity index (χ3n) is 4.01. The Balaban J connectivity index is 1.70. The zero-order chi connectivity index (χ0) is 12.8. The van der Waals surface area contributed by atoms with Crippen molar-refractivity contribution in [2.24, 2.45) is 11.8 Å². The average Bonchev–Trinajstić information content (AvgIpc) is 2.90. The van der Waals surface area contributed by atoms with Gasteiger partial charge in [-0.3, -0.25) is 4.79 Å². The summed E-state index contributed by atoms with van der Waals surface area (Å²) in [6.45, 7) is 5.19. The van der Waals surface area contributed by atoms with Crippen molar-refractivity contribution >= 4 is 5.97 Å². The maximum Gasteiger partial charge on any atom is 0.308 e. The van der Waals surface area contributed by atoms with Crippen LogP contribution in [0.5, 0.6) is 0 Å². The molecule has 0 spiro atoms. The maximum absolute atomic E-state index is 11.7. The summed E-state index contributed by atoms with van der Waals surface area (Å²) in [7, 11) is 0. The van der Waals surface area contributed by atoms with Crippen LogP contribution in [0.25, 0.3) is 0 Å². The van der Waals surface area contributed by atoms with E-state index in [2.05, 4.69) is 5.32 Å². The molecule has 4 heteroatoms. The van der Waals surface area contributed by atoms with Crippen LogP contribution in [0.3, 0.4) is 0 Å². The lowest BCUT2D eigenvalue weighted by molar-refractivity contribution is -0.149. The Hall–Kier alpha value is -0.610. The Morgan fingerprint density at radius 2 is 2.28 bits per heavy atom. The first kappa shape index (κ1) is 13.8. The Kier molecular flexibility index (Phi) is 5.45. The first-order valence-electron chi connectivity index (χ1n) is 7.27. The van der Waals surface area contributed by atoms with Crippen molar-refractivity contribution in [3.8, 4) is 0 Å². The van der Waals surface area contributed by atoms with Crippen LogP contribution in [-0.2, 0) is 14.3 Å². The van der Waals surface area contributed by atoms with Gasteiger partial charge in [-0.05, 0) is 38.5 Å². The lowest BCUT2D eigenvalue weighted by Gasteiger charge is -2.29. The molecule has 0 bridgehead atoms.